The maximum Gasteiger partial charge on any atom is 0.230 e. The molecule has 6 nitrogen and oxygen atoms in total. The Morgan fingerprint density at radius 2 is 1.79 bits per heavy atom. The third-order valence-electron chi connectivity index (χ3n) is 7.13. The molecule has 5 rings (SSSR count). The Labute approximate surface area is 170 Å². The van der Waals surface area contributed by atoms with E-state index in [1.54, 1.807) is 0 Å². The summed E-state index contributed by atoms with van der Waals surface area (Å²) in [7, 11) is 0. The number of rotatable bonds is 6. The second kappa shape index (κ2) is 7.85. The van der Waals surface area contributed by atoms with Gasteiger partial charge in [-0.25, -0.2) is 4.39 Å². The topological polar surface area (TPSA) is 94.0 Å². The van der Waals surface area contributed by atoms with Gasteiger partial charge in [0, 0.05) is 29.1 Å². The Kier molecular flexibility index (Phi) is 5.41. The van der Waals surface area contributed by atoms with E-state index in [-0.39, 0.29) is 11.9 Å². The average molecular weight is 398 g/mol. The minimum absolute atomic E-state index is 0.0458. The van der Waals surface area contributed by atoms with Crippen molar-refractivity contribution in [2.75, 3.05) is 11.9 Å². The van der Waals surface area contributed by atoms with E-state index >= 15 is 0 Å². The number of nitriles is 1. The lowest BCUT2D eigenvalue weighted by atomic mass is 9.56. The van der Waals surface area contributed by atoms with Gasteiger partial charge in [0.15, 0.2) is 5.78 Å². The van der Waals surface area contributed by atoms with Crippen molar-refractivity contribution in [1.82, 2.24) is 10.6 Å². The van der Waals surface area contributed by atoms with Crippen LogP contribution in [-0.2, 0) is 9.59 Å². The second-order valence-corrected chi connectivity index (χ2v) is 8.81. The highest BCUT2D eigenvalue weighted by atomic mass is 19.1. The summed E-state index contributed by atoms with van der Waals surface area (Å²) < 4.78 is 14.8. The second-order valence-electron chi connectivity index (χ2n) is 8.81. The highest BCUT2D eigenvalue weighted by Gasteiger charge is 2.53. The van der Waals surface area contributed by atoms with Gasteiger partial charge in [-0.3, -0.25) is 14.9 Å². The number of nitrogens with zero attached hydrogens (tertiary/aromatic N) is 1. The van der Waals surface area contributed by atoms with Crippen LogP contribution in [0.3, 0.4) is 0 Å². The van der Waals surface area contributed by atoms with E-state index in [9.17, 15) is 14.0 Å². The molecular formula is C22H27FN4O2. The zero-order valence-electron chi connectivity index (χ0n) is 16.4. The smallest absolute Gasteiger partial charge is 0.230 e. The molecule has 3 atom stereocenters. The van der Waals surface area contributed by atoms with Crippen molar-refractivity contribution < 1.29 is 14.0 Å². The minimum atomic E-state index is -1.72. The number of benzene rings is 1. The van der Waals surface area contributed by atoms with E-state index in [0.29, 0.717) is 51.5 Å². The van der Waals surface area contributed by atoms with Crippen molar-refractivity contribution >= 4 is 17.4 Å². The number of anilines is 1. The molecule has 2 bridgehead atoms. The normalized spacial score (nSPS) is 34.3. The van der Waals surface area contributed by atoms with Gasteiger partial charge in [-0.05, 0) is 57.1 Å². The summed E-state index contributed by atoms with van der Waals surface area (Å²) in [6.07, 6.45) is 2.80. The van der Waals surface area contributed by atoms with Crippen molar-refractivity contribution in [2.45, 2.75) is 62.8 Å². The first-order chi connectivity index (χ1) is 14.0. The fraction of sp³-hybridized carbons (Fsp3) is 0.591. The van der Waals surface area contributed by atoms with Gasteiger partial charge in [-0.15, -0.1) is 0 Å². The molecule has 3 N–H and O–H groups in total. The lowest BCUT2D eigenvalue weighted by Gasteiger charge is -2.53. The van der Waals surface area contributed by atoms with Crippen LogP contribution >= 0.6 is 0 Å². The van der Waals surface area contributed by atoms with Crippen LogP contribution < -0.4 is 16.0 Å². The Balaban J connectivity index is 1.34. The van der Waals surface area contributed by atoms with Gasteiger partial charge in [0.05, 0.1) is 12.1 Å². The van der Waals surface area contributed by atoms with Crippen molar-refractivity contribution in [3.05, 3.63) is 30.3 Å². The molecule has 1 amide bonds. The molecule has 4 aliphatic rings. The monoisotopic (exact) mass is 398 g/mol. The van der Waals surface area contributed by atoms with E-state index in [1.807, 2.05) is 30.3 Å². The number of halogens is 1. The highest BCUT2D eigenvalue weighted by molar-refractivity contribution is 5.95. The standard InChI is InChI=1S/C22H27FN4O2/c23-19(18(28)15-12-17(13-24)25-14-15)27-22-9-6-21(7-10-22,8-11-22)20(29)26-16-4-2-1-3-5-16/h1-5,15,17,19,25,27H,6-12,14H2,(H,26,29)/t15-,17-,19?,21?,22?/m0/s1. The third-order valence-corrected chi connectivity index (χ3v) is 7.13. The number of Topliss-reactive ketones (excluding diaryl/α,β-unsaturated/α-hetero) is 1. The number of carbonyl (C=O) groups is 2. The molecule has 0 spiro atoms. The summed E-state index contributed by atoms with van der Waals surface area (Å²) >= 11 is 0. The highest BCUT2D eigenvalue weighted by Crippen LogP contribution is 2.53. The number of hydrogen-bond donors (Lipinski definition) is 3. The molecule has 154 valence electrons. The van der Waals surface area contributed by atoms with Crippen LogP contribution in [0.5, 0.6) is 0 Å². The van der Waals surface area contributed by atoms with Crippen molar-refractivity contribution in [2.24, 2.45) is 11.3 Å². The average Bonchev–Trinajstić information content (AvgIpc) is 3.24. The van der Waals surface area contributed by atoms with E-state index in [2.05, 4.69) is 22.0 Å². The Morgan fingerprint density at radius 1 is 1.14 bits per heavy atom. The molecule has 3 aliphatic carbocycles. The predicted molar refractivity (Wildman–Crippen MR) is 106 cm³/mol. The zero-order valence-corrected chi connectivity index (χ0v) is 16.4. The zero-order chi connectivity index (χ0) is 20.5. The molecule has 0 aromatic heterocycles. The number of para-hydroxylation sites is 1. The van der Waals surface area contributed by atoms with E-state index in [1.165, 1.54) is 0 Å². The molecular weight excluding hydrogens is 371 g/mol. The van der Waals surface area contributed by atoms with Crippen LogP contribution in [0.25, 0.3) is 0 Å². The van der Waals surface area contributed by atoms with Gasteiger partial charge in [0.1, 0.15) is 0 Å². The summed E-state index contributed by atoms with van der Waals surface area (Å²) in [4.78, 5) is 25.4. The number of hydrogen-bond acceptors (Lipinski definition) is 5. The molecule has 7 heteroatoms. The Hall–Kier alpha value is -2.30. The summed E-state index contributed by atoms with van der Waals surface area (Å²) in [5.41, 5.74) is -0.0164. The van der Waals surface area contributed by atoms with Crippen LogP contribution in [0.4, 0.5) is 10.1 Å². The molecule has 1 heterocycles. The molecule has 1 aromatic rings. The number of nitrogens with one attached hydrogen (secondary N) is 3. The van der Waals surface area contributed by atoms with Gasteiger partial charge < -0.3 is 10.6 Å². The maximum absolute atomic E-state index is 14.8. The van der Waals surface area contributed by atoms with Gasteiger partial charge >= 0.3 is 0 Å². The fourth-order valence-corrected chi connectivity index (χ4v) is 5.13. The molecule has 0 radical (unpaired) electrons. The fourth-order valence-electron chi connectivity index (χ4n) is 5.13. The Bertz CT molecular complexity index is 797. The number of carbonyl (C=O) groups excluding carboxylic acids is 2. The summed E-state index contributed by atoms with van der Waals surface area (Å²) in [5.74, 6) is -0.875. The summed E-state index contributed by atoms with van der Waals surface area (Å²) in [6, 6.07) is 11.1. The first kappa shape index (κ1) is 20.0. The quantitative estimate of drug-likeness (QED) is 0.641. The lowest BCUT2D eigenvalue weighted by Crippen LogP contribution is -2.60. The largest absolute Gasteiger partial charge is 0.326 e. The molecule has 1 aromatic carbocycles. The SMILES string of the molecule is N#C[C@@H]1C[C@H](C(=O)C(F)NC23CCC(C(=O)Nc4ccccc4)(CC2)CC3)CN1. The van der Waals surface area contributed by atoms with E-state index in [0.717, 1.165) is 5.69 Å². The molecule has 4 fully saturated rings. The summed E-state index contributed by atoms with van der Waals surface area (Å²) in [5, 5.41) is 17.9. The maximum atomic E-state index is 14.8. The van der Waals surface area contributed by atoms with Crippen LogP contribution in [0.2, 0.25) is 0 Å². The number of fused-ring (bicyclic) bond motifs is 3. The van der Waals surface area contributed by atoms with Crippen molar-refractivity contribution in [1.29, 1.82) is 5.26 Å². The molecule has 29 heavy (non-hydrogen) atoms. The number of amides is 1. The minimum Gasteiger partial charge on any atom is -0.326 e. The molecule has 1 unspecified atom stereocenters. The summed E-state index contributed by atoms with van der Waals surface area (Å²) in [6.45, 7) is 0.356. The first-order valence-electron chi connectivity index (χ1n) is 10.4. The van der Waals surface area contributed by atoms with Gasteiger partial charge in [-0.1, -0.05) is 18.2 Å². The van der Waals surface area contributed by atoms with Crippen LogP contribution in [0, 0.1) is 22.7 Å². The Morgan fingerprint density at radius 3 is 2.38 bits per heavy atom. The predicted octanol–water partition coefficient (Wildman–Crippen LogP) is 2.67. The molecule has 3 saturated carbocycles. The van der Waals surface area contributed by atoms with Gasteiger partial charge in [0.2, 0.25) is 12.2 Å². The number of alkyl halides is 1. The van der Waals surface area contributed by atoms with Crippen molar-refractivity contribution in [3.63, 3.8) is 0 Å². The van der Waals surface area contributed by atoms with E-state index in [4.69, 9.17) is 5.26 Å². The number of ketones is 1. The van der Waals surface area contributed by atoms with Crippen molar-refractivity contribution in [3.8, 4) is 6.07 Å². The van der Waals surface area contributed by atoms with Crippen LogP contribution in [0.1, 0.15) is 44.9 Å². The van der Waals surface area contributed by atoms with Crippen LogP contribution in [0.15, 0.2) is 30.3 Å². The van der Waals surface area contributed by atoms with Gasteiger partial charge in [-0.2, -0.15) is 5.26 Å². The third kappa shape index (κ3) is 3.92. The lowest BCUT2D eigenvalue weighted by molar-refractivity contribution is -0.136. The van der Waals surface area contributed by atoms with E-state index < -0.39 is 29.0 Å². The first-order valence-corrected chi connectivity index (χ1v) is 10.4. The molecule has 1 saturated heterocycles. The van der Waals surface area contributed by atoms with Gasteiger partial charge in [0.25, 0.3) is 0 Å². The molecule has 1 aliphatic heterocycles. The van der Waals surface area contributed by atoms with Crippen LogP contribution in [-0.4, -0.2) is 36.1 Å².